The van der Waals surface area contributed by atoms with Crippen molar-refractivity contribution in [3.8, 4) is 0 Å². The minimum absolute atomic E-state index is 0.387. The summed E-state index contributed by atoms with van der Waals surface area (Å²) in [5.74, 6) is -0.826. The molecule has 0 spiro atoms. The van der Waals surface area contributed by atoms with Gasteiger partial charge < -0.3 is 9.64 Å². The second-order valence-corrected chi connectivity index (χ2v) is 7.82. The molecule has 1 aliphatic rings. The molecule has 8 nitrogen and oxygen atoms in total. The van der Waals surface area contributed by atoms with Gasteiger partial charge in [-0.15, -0.1) is 0 Å². The number of ether oxygens (including phenoxy) is 1. The van der Waals surface area contributed by atoms with Crippen LogP contribution in [0.25, 0.3) is 10.9 Å². The SMILES string of the molecule is Cc1nc(N2CCOCC2)sc1C(=O)NNC(=O)c1ccc2nc(Cl)ccc2c1. The highest BCUT2D eigenvalue weighted by atomic mass is 35.5. The molecule has 29 heavy (non-hydrogen) atoms. The molecule has 0 atom stereocenters. The van der Waals surface area contributed by atoms with Crippen molar-refractivity contribution in [1.82, 2.24) is 20.8 Å². The maximum Gasteiger partial charge on any atom is 0.281 e. The fraction of sp³-hybridized carbons (Fsp3) is 0.263. The predicted octanol–water partition coefficient (Wildman–Crippen LogP) is 2.56. The van der Waals surface area contributed by atoms with E-state index in [0.717, 1.165) is 23.6 Å². The van der Waals surface area contributed by atoms with Crippen molar-refractivity contribution in [3.05, 3.63) is 51.6 Å². The molecule has 1 saturated heterocycles. The Bertz CT molecular complexity index is 1080. The lowest BCUT2D eigenvalue weighted by atomic mass is 10.1. The van der Waals surface area contributed by atoms with E-state index in [1.807, 2.05) is 0 Å². The van der Waals surface area contributed by atoms with Crippen molar-refractivity contribution in [1.29, 1.82) is 0 Å². The number of hydrogen-bond acceptors (Lipinski definition) is 7. The molecule has 1 aromatic carbocycles. The fourth-order valence-electron chi connectivity index (χ4n) is 2.97. The summed E-state index contributed by atoms with van der Waals surface area (Å²) in [4.78, 5) is 36.2. The molecule has 4 rings (SSSR count). The second-order valence-electron chi connectivity index (χ2n) is 6.46. The van der Waals surface area contributed by atoms with Gasteiger partial charge in [0.2, 0.25) is 0 Å². The number of fused-ring (bicyclic) bond motifs is 1. The Hall–Kier alpha value is -2.75. The van der Waals surface area contributed by atoms with Crippen molar-refractivity contribution in [2.45, 2.75) is 6.92 Å². The van der Waals surface area contributed by atoms with E-state index < -0.39 is 11.8 Å². The molecule has 2 N–H and O–H groups in total. The van der Waals surface area contributed by atoms with Gasteiger partial charge in [0.15, 0.2) is 5.13 Å². The molecule has 1 aliphatic heterocycles. The average Bonchev–Trinajstić information content (AvgIpc) is 3.13. The molecule has 1 fully saturated rings. The molecular formula is C19H18ClN5O3S. The van der Waals surface area contributed by atoms with Crippen LogP contribution in [0.4, 0.5) is 5.13 Å². The van der Waals surface area contributed by atoms with Crippen LogP contribution in [0.5, 0.6) is 0 Å². The summed E-state index contributed by atoms with van der Waals surface area (Å²) in [5.41, 5.74) is 6.62. The van der Waals surface area contributed by atoms with Gasteiger partial charge in [0.25, 0.3) is 11.8 Å². The zero-order valence-electron chi connectivity index (χ0n) is 15.6. The van der Waals surface area contributed by atoms with Gasteiger partial charge in [0.1, 0.15) is 10.0 Å². The largest absolute Gasteiger partial charge is 0.378 e. The van der Waals surface area contributed by atoms with Gasteiger partial charge in [-0.1, -0.05) is 22.9 Å². The van der Waals surface area contributed by atoms with Crippen molar-refractivity contribution in [2.75, 3.05) is 31.2 Å². The molecule has 3 heterocycles. The Labute approximate surface area is 175 Å². The zero-order chi connectivity index (χ0) is 20.4. The quantitative estimate of drug-likeness (QED) is 0.488. The van der Waals surface area contributed by atoms with Crippen molar-refractivity contribution >= 4 is 50.8 Å². The first-order chi connectivity index (χ1) is 14.0. The topological polar surface area (TPSA) is 96.5 Å². The Morgan fingerprint density at radius 1 is 1.10 bits per heavy atom. The Balaban J connectivity index is 1.42. The van der Waals surface area contributed by atoms with Crippen LogP contribution in [0.3, 0.4) is 0 Å². The molecule has 0 unspecified atom stereocenters. The van der Waals surface area contributed by atoms with Crippen molar-refractivity contribution < 1.29 is 14.3 Å². The van der Waals surface area contributed by atoms with Crippen LogP contribution in [-0.2, 0) is 4.74 Å². The number of nitrogens with zero attached hydrogens (tertiary/aromatic N) is 3. The van der Waals surface area contributed by atoms with Gasteiger partial charge in [-0.2, -0.15) is 0 Å². The summed E-state index contributed by atoms with van der Waals surface area (Å²) >= 11 is 7.18. The fourth-order valence-corrected chi connectivity index (χ4v) is 4.14. The van der Waals surface area contributed by atoms with E-state index in [9.17, 15) is 9.59 Å². The molecule has 0 radical (unpaired) electrons. The van der Waals surface area contributed by atoms with E-state index in [1.165, 1.54) is 11.3 Å². The van der Waals surface area contributed by atoms with Gasteiger partial charge in [-0.3, -0.25) is 20.4 Å². The molecule has 2 amide bonds. The summed E-state index contributed by atoms with van der Waals surface area (Å²) in [6.07, 6.45) is 0. The number of carbonyl (C=O) groups excluding carboxylic acids is 2. The van der Waals surface area contributed by atoms with Crippen LogP contribution in [0.15, 0.2) is 30.3 Å². The lowest BCUT2D eigenvalue weighted by molar-refractivity contribution is 0.0848. The van der Waals surface area contributed by atoms with Crippen molar-refractivity contribution in [3.63, 3.8) is 0 Å². The lowest BCUT2D eigenvalue weighted by Gasteiger charge is -2.25. The standard InChI is InChI=1S/C19H18ClN5O3S/c1-11-16(29-19(21-11)25-6-8-28-9-7-25)18(27)24-23-17(26)13-2-4-14-12(10-13)3-5-15(20)22-14/h2-5,10H,6-9H2,1H3,(H,23,26)(H,24,27). The Kier molecular flexibility index (Phi) is 5.61. The van der Waals surface area contributed by atoms with Gasteiger partial charge in [0, 0.05) is 24.0 Å². The van der Waals surface area contributed by atoms with E-state index in [4.69, 9.17) is 16.3 Å². The average molecular weight is 432 g/mol. The van der Waals surface area contributed by atoms with Gasteiger partial charge in [0.05, 0.1) is 24.4 Å². The zero-order valence-corrected chi connectivity index (χ0v) is 17.1. The van der Waals surface area contributed by atoms with Crippen LogP contribution in [0.1, 0.15) is 25.7 Å². The number of aromatic nitrogens is 2. The first-order valence-corrected chi connectivity index (χ1v) is 10.2. The van der Waals surface area contributed by atoms with Crippen LogP contribution in [0.2, 0.25) is 5.15 Å². The lowest BCUT2D eigenvalue weighted by Crippen LogP contribution is -2.41. The minimum atomic E-state index is -0.425. The van der Waals surface area contributed by atoms with Crippen LogP contribution in [-0.4, -0.2) is 48.1 Å². The molecular weight excluding hydrogens is 414 g/mol. The maximum absolute atomic E-state index is 12.5. The number of nitrogens with one attached hydrogen (secondary N) is 2. The number of hydrazine groups is 1. The monoisotopic (exact) mass is 431 g/mol. The number of hydrogen-bond donors (Lipinski definition) is 2. The number of benzene rings is 1. The number of anilines is 1. The Morgan fingerprint density at radius 2 is 1.86 bits per heavy atom. The van der Waals surface area contributed by atoms with E-state index in [2.05, 4.69) is 25.7 Å². The Morgan fingerprint density at radius 3 is 2.66 bits per heavy atom. The second kappa shape index (κ2) is 8.32. The van der Waals surface area contributed by atoms with Crippen molar-refractivity contribution in [2.24, 2.45) is 0 Å². The summed E-state index contributed by atoms with van der Waals surface area (Å²) in [6, 6.07) is 8.47. The number of halogens is 1. The first kappa shape index (κ1) is 19.6. The van der Waals surface area contributed by atoms with Gasteiger partial charge in [-0.25, -0.2) is 9.97 Å². The number of aryl methyl sites for hydroxylation is 1. The molecule has 0 bridgehead atoms. The van der Waals surface area contributed by atoms with Gasteiger partial charge in [-0.05, 0) is 37.3 Å². The number of carbonyl (C=O) groups is 2. The third-order valence-corrected chi connectivity index (χ3v) is 5.91. The maximum atomic E-state index is 12.5. The predicted molar refractivity (Wildman–Crippen MR) is 112 cm³/mol. The first-order valence-electron chi connectivity index (χ1n) is 8.98. The number of morpholine rings is 1. The minimum Gasteiger partial charge on any atom is -0.378 e. The van der Waals surface area contributed by atoms with Crippen LogP contribution < -0.4 is 15.8 Å². The van der Waals surface area contributed by atoms with E-state index in [1.54, 1.807) is 37.3 Å². The highest BCUT2D eigenvalue weighted by Gasteiger charge is 2.21. The van der Waals surface area contributed by atoms with Crippen LogP contribution >= 0.6 is 22.9 Å². The molecule has 0 saturated carbocycles. The number of pyridine rings is 1. The van der Waals surface area contributed by atoms with E-state index in [0.29, 0.717) is 40.0 Å². The summed E-state index contributed by atoms with van der Waals surface area (Å²) in [6.45, 7) is 4.55. The molecule has 10 heteroatoms. The summed E-state index contributed by atoms with van der Waals surface area (Å²) < 4.78 is 5.34. The highest BCUT2D eigenvalue weighted by molar-refractivity contribution is 7.17. The number of rotatable bonds is 3. The van der Waals surface area contributed by atoms with Crippen LogP contribution in [0, 0.1) is 6.92 Å². The molecule has 150 valence electrons. The smallest absolute Gasteiger partial charge is 0.281 e. The number of thiazole rings is 1. The van der Waals surface area contributed by atoms with E-state index >= 15 is 0 Å². The normalized spacial score (nSPS) is 14.1. The molecule has 3 aromatic rings. The third-order valence-electron chi connectivity index (χ3n) is 4.48. The van der Waals surface area contributed by atoms with Gasteiger partial charge >= 0.3 is 0 Å². The summed E-state index contributed by atoms with van der Waals surface area (Å²) in [5, 5.41) is 1.95. The molecule has 0 aliphatic carbocycles. The third kappa shape index (κ3) is 4.31. The van der Waals surface area contributed by atoms with E-state index in [-0.39, 0.29) is 0 Å². The summed E-state index contributed by atoms with van der Waals surface area (Å²) in [7, 11) is 0. The molecule has 2 aromatic heterocycles. The highest BCUT2D eigenvalue weighted by Crippen LogP contribution is 2.26. The number of amides is 2.